The second-order valence-corrected chi connectivity index (χ2v) is 4.86. The summed E-state index contributed by atoms with van der Waals surface area (Å²) in [4.78, 5) is 0. The van der Waals surface area contributed by atoms with E-state index < -0.39 is 0 Å². The van der Waals surface area contributed by atoms with Crippen LogP contribution in [0.1, 0.15) is 52.4 Å². The summed E-state index contributed by atoms with van der Waals surface area (Å²) >= 11 is 0. The van der Waals surface area contributed by atoms with Gasteiger partial charge in [0.2, 0.25) is 0 Å². The smallest absolute Gasteiger partial charge is 0.0466 e. The molecule has 1 aliphatic carbocycles. The van der Waals surface area contributed by atoms with Gasteiger partial charge in [0, 0.05) is 18.8 Å². The SMILES string of the molecule is CCOCCCC1(N)CCCC(C)C1. The highest BCUT2D eigenvalue weighted by Gasteiger charge is 2.30. The van der Waals surface area contributed by atoms with Crippen molar-refractivity contribution in [2.75, 3.05) is 13.2 Å². The van der Waals surface area contributed by atoms with E-state index in [4.69, 9.17) is 10.5 Å². The molecule has 0 aromatic heterocycles. The molecule has 2 atom stereocenters. The maximum Gasteiger partial charge on any atom is 0.0466 e. The minimum Gasteiger partial charge on any atom is -0.382 e. The van der Waals surface area contributed by atoms with Gasteiger partial charge in [-0.2, -0.15) is 0 Å². The maximum atomic E-state index is 6.38. The lowest BCUT2D eigenvalue weighted by molar-refractivity contribution is 0.128. The van der Waals surface area contributed by atoms with Crippen LogP contribution in [-0.4, -0.2) is 18.8 Å². The Labute approximate surface area is 88.2 Å². The molecular weight excluding hydrogens is 174 g/mol. The van der Waals surface area contributed by atoms with E-state index in [9.17, 15) is 0 Å². The Morgan fingerprint density at radius 2 is 2.29 bits per heavy atom. The molecule has 1 aliphatic rings. The molecule has 1 rings (SSSR count). The van der Waals surface area contributed by atoms with Gasteiger partial charge in [0.25, 0.3) is 0 Å². The lowest BCUT2D eigenvalue weighted by Crippen LogP contribution is -2.43. The fourth-order valence-corrected chi connectivity index (χ4v) is 2.60. The first-order valence-corrected chi connectivity index (χ1v) is 6.03. The summed E-state index contributed by atoms with van der Waals surface area (Å²) in [5.74, 6) is 0.820. The van der Waals surface area contributed by atoms with E-state index in [2.05, 4.69) is 6.92 Å². The summed E-state index contributed by atoms with van der Waals surface area (Å²) in [6.07, 6.45) is 7.35. The largest absolute Gasteiger partial charge is 0.382 e. The van der Waals surface area contributed by atoms with E-state index >= 15 is 0 Å². The Kier molecular flexibility index (Phi) is 4.90. The predicted molar refractivity (Wildman–Crippen MR) is 60.3 cm³/mol. The zero-order valence-corrected chi connectivity index (χ0v) is 9.72. The summed E-state index contributed by atoms with van der Waals surface area (Å²) in [5, 5.41) is 0. The molecule has 84 valence electrons. The zero-order chi connectivity index (χ0) is 10.4. The molecular formula is C12H25NO. The molecule has 1 saturated carbocycles. The monoisotopic (exact) mass is 199 g/mol. The van der Waals surface area contributed by atoms with Crippen molar-refractivity contribution in [3.63, 3.8) is 0 Å². The summed E-state index contributed by atoms with van der Waals surface area (Å²) in [6, 6.07) is 0. The number of rotatable bonds is 5. The molecule has 0 saturated heterocycles. The maximum absolute atomic E-state index is 6.38. The van der Waals surface area contributed by atoms with Crippen molar-refractivity contribution < 1.29 is 4.74 Å². The topological polar surface area (TPSA) is 35.2 Å². The lowest BCUT2D eigenvalue weighted by Gasteiger charge is -2.37. The number of ether oxygens (including phenoxy) is 1. The predicted octanol–water partition coefficient (Wildman–Crippen LogP) is 2.71. The normalized spacial score (nSPS) is 33.2. The molecule has 2 nitrogen and oxygen atoms in total. The highest BCUT2D eigenvalue weighted by molar-refractivity contribution is 4.89. The van der Waals surface area contributed by atoms with Crippen LogP contribution in [0.25, 0.3) is 0 Å². The number of hydrogen-bond donors (Lipinski definition) is 1. The van der Waals surface area contributed by atoms with Crippen LogP contribution in [-0.2, 0) is 4.74 Å². The molecule has 2 unspecified atom stereocenters. The minimum absolute atomic E-state index is 0.120. The van der Waals surface area contributed by atoms with Crippen molar-refractivity contribution in [2.24, 2.45) is 11.7 Å². The fraction of sp³-hybridized carbons (Fsp3) is 1.00. The molecule has 0 amide bonds. The van der Waals surface area contributed by atoms with Crippen molar-refractivity contribution in [3.8, 4) is 0 Å². The van der Waals surface area contributed by atoms with Gasteiger partial charge >= 0.3 is 0 Å². The van der Waals surface area contributed by atoms with Gasteiger partial charge in [0.15, 0.2) is 0 Å². The van der Waals surface area contributed by atoms with E-state index in [0.29, 0.717) is 0 Å². The number of hydrogen-bond acceptors (Lipinski definition) is 2. The lowest BCUT2D eigenvalue weighted by atomic mass is 9.75. The van der Waals surface area contributed by atoms with Gasteiger partial charge in [-0.25, -0.2) is 0 Å². The van der Waals surface area contributed by atoms with Crippen LogP contribution in [0.2, 0.25) is 0 Å². The standard InChI is InChI=1S/C12H25NO/c1-3-14-9-5-8-12(13)7-4-6-11(2)10-12/h11H,3-10,13H2,1-2H3. The van der Waals surface area contributed by atoms with Crippen molar-refractivity contribution >= 4 is 0 Å². The summed E-state index contributed by atoms with van der Waals surface area (Å²) in [6.45, 7) is 6.07. The van der Waals surface area contributed by atoms with Gasteiger partial charge in [-0.05, 0) is 38.5 Å². The summed E-state index contributed by atoms with van der Waals surface area (Å²) in [7, 11) is 0. The Hall–Kier alpha value is -0.0800. The van der Waals surface area contributed by atoms with E-state index in [1.807, 2.05) is 6.92 Å². The minimum atomic E-state index is 0.120. The molecule has 0 spiro atoms. The van der Waals surface area contributed by atoms with E-state index in [-0.39, 0.29) is 5.54 Å². The van der Waals surface area contributed by atoms with E-state index in [1.165, 1.54) is 25.7 Å². The molecule has 0 radical (unpaired) electrons. The van der Waals surface area contributed by atoms with Crippen LogP contribution >= 0.6 is 0 Å². The molecule has 2 heteroatoms. The zero-order valence-electron chi connectivity index (χ0n) is 9.72. The highest BCUT2D eigenvalue weighted by atomic mass is 16.5. The summed E-state index contributed by atoms with van der Waals surface area (Å²) in [5.41, 5.74) is 6.50. The van der Waals surface area contributed by atoms with Crippen LogP contribution in [0.15, 0.2) is 0 Å². The second kappa shape index (κ2) is 5.72. The number of nitrogens with two attached hydrogens (primary N) is 1. The van der Waals surface area contributed by atoms with Crippen molar-refractivity contribution in [1.82, 2.24) is 0 Å². The Morgan fingerprint density at radius 3 is 2.93 bits per heavy atom. The Bertz CT molecular complexity index is 160. The van der Waals surface area contributed by atoms with Gasteiger partial charge < -0.3 is 10.5 Å². The fourth-order valence-electron chi connectivity index (χ4n) is 2.60. The van der Waals surface area contributed by atoms with Gasteiger partial charge in [-0.15, -0.1) is 0 Å². The van der Waals surface area contributed by atoms with Crippen molar-refractivity contribution in [3.05, 3.63) is 0 Å². The molecule has 0 bridgehead atoms. The molecule has 1 fully saturated rings. The first-order chi connectivity index (χ1) is 6.66. The van der Waals surface area contributed by atoms with Crippen LogP contribution in [0.4, 0.5) is 0 Å². The third kappa shape index (κ3) is 3.97. The molecule has 14 heavy (non-hydrogen) atoms. The van der Waals surface area contributed by atoms with Crippen molar-refractivity contribution in [1.29, 1.82) is 0 Å². The van der Waals surface area contributed by atoms with Crippen LogP contribution in [0.5, 0.6) is 0 Å². The molecule has 2 N–H and O–H groups in total. The van der Waals surface area contributed by atoms with Gasteiger partial charge in [-0.3, -0.25) is 0 Å². The average molecular weight is 199 g/mol. The van der Waals surface area contributed by atoms with Crippen molar-refractivity contribution in [2.45, 2.75) is 57.9 Å². The first kappa shape index (κ1) is 12.0. The Morgan fingerprint density at radius 1 is 1.50 bits per heavy atom. The first-order valence-electron chi connectivity index (χ1n) is 6.03. The third-order valence-electron chi connectivity index (χ3n) is 3.29. The average Bonchev–Trinajstić information content (AvgIpc) is 2.12. The van der Waals surface area contributed by atoms with E-state index in [0.717, 1.165) is 32.0 Å². The summed E-state index contributed by atoms with van der Waals surface area (Å²) < 4.78 is 5.34. The molecule has 0 aromatic carbocycles. The Balaban J connectivity index is 2.19. The second-order valence-electron chi connectivity index (χ2n) is 4.86. The van der Waals surface area contributed by atoms with Crippen LogP contribution < -0.4 is 5.73 Å². The van der Waals surface area contributed by atoms with Crippen LogP contribution in [0, 0.1) is 5.92 Å². The molecule has 0 aliphatic heterocycles. The van der Waals surface area contributed by atoms with Gasteiger partial charge in [0.05, 0.1) is 0 Å². The molecule has 0 heterocycles. The van der Waals surface area contributed by atoms with Crippen LogP contribution in [0.3, 0.4) is 0 Å². The van der Waals surface area contributed by atoms with Gasteiger partial charge in [-0.1, -0.05) is 19.8 Å². The quantitative estimate of drug-likeness (QED) is 0.691. The third-order valence-corrected chi connectivity index (χ3v) is 3.29. The van der Waals surface area contributed by atoms with Gasteiger partial charge in [0.1, 0.15) is 0 Å². The van der Waals surface area contributed by atoms with E-state index in [1.54, 1.807) is 0 Å². The highest BCUT2D eigenvalue weighted by Crippen LogP contribution is 2.33. The molecule has 0 aromatic rings.